The molecule has 0 amide bonds. The second kappa shape index (κ2) is 8.78. The Kier molecular flexibility index (Phi) is 5.87. The molecule has 2 aromatic heterocycles. The Labute approximate surface area is 189 Å². The summed E-state index contributed by atoms with van der Waals surface area (Å²) in [6, 6.07) is 13.7. The summed E-state index contributed by atoms with van der Waals surface area (Å²) in [5, 5.41) is 0. The van der Waals surface area contributed by atoms with Gasteiger partial charge in [0.25, 0.3) is 5.56 Å². The SMILES string of the molecule is COC(=O)c1cccc(Cn2cnc3c2c(=O)n(C(C)C)c(=O)n3-c2ccccc2OC)c1. The lowest BCUT2D eigenvalue weighted by Crippen LogP contribution is -2.41. The van der Waals surface area contributed by atoms with Gasteiger partial charge in [-0.05, 0) is 43.7 Å². The van der Waals surface area contributed by atoms with Gasteiger partial charge < -0.3 is 14.0 Å². The van der Waals surface area contributed by atoms with E-state index in [4.69, 9.17) is 9.47 Å². The van der Waals surface area contributed by atoms with Gasteiger partial charge in [-0.1, -0.05) is 24.3 Å². The Bertz CT molecular complexity index is 1460. The molecule has 4 aromatic rings. The summed E-state index contributed by atoms with van der Waals surface area (Å²) >= 11 is 0. The van der Waals surface area contributed by atoms with Crippen LogP contribution in [0, 0.1) is 0 Å². The number of carbonyl (C=O) groups excluding carboxylic acids is 1. The van der Waals surface area contributed by atoms with Gasteiger partial charge >= 0.3 is 11.7 Å². The van der Waals surface area contributed by atoms with E-state index in [2.05, 4.69) is 4.98 Å². The fraction of sp³-hybridized carbons (Fsp3) is 0.250. The molecule has 9 heteroatoms. The maximum atomic E-state index is 13.4. The summed E-state index contributed by atoms with van der Waals surface area (Å²) in [4.78, 5) is 43.1. The quantitative estimate of drug-likeness (QED) is 0.421. The molecular weight excluding hydrogens is 424 g/mol. The second-order valence-corrected chi connectivity index (χ2v) is 7.80. The normalized spacial score (nSPS) is 11.2. The minimum atomic E-state index is -0.495. The van der Waals surface area contributed by atoms with Gasteiger partial charge in [-0.2, -0.15) is 0 Å². The lowest BCUT2D eigenvalue weighted by Gasteiger charge is -2.16. The molecule has 0 unspecified atom stereocenters. The summed E-state index contributed by atoms with van der Waals surface area (Å²) in [5.74, 6) is 0.0368. The Morgan fingerprint density at radius 2 is 1.82 bits per heavy atom. The number of hydrogen-bond donors (Lipinski definition) is 0. The molecule has 170 valence electrons. The number of esters is 1. The van der Waals surface area contributed by atoms with Crippen molar-refractivity contribution >= 4 is 17.1 Å². The van der Waals surface area contributed by atoms with E-state index in [1.807, 2.05) is 6.07 Å². The number of benzene rings is 2. The molecule has 9 nitrogen and oxygen atoms in total. The van der Waals surface area contributed by atoms with E-state index >= 15 is 0 Å². The lowest BCUT2D eigenvalue weighted by molar-refractivity contribution is 0.0600. The van der Waals surface area contributed by atoms with E-state index in [-0.39, 0.29) is 23.8 Å². The van der Waals surface area contributed by atoms with Crippen molar-refractivity contribution in [2.24, 2.45) is 0 Å². The molecule has 0 fully saturated rings. The Morgan fingerprint density at radius 1 is 1.06 bits per heavy atom. The third-order valence-electron chi connectivity index (χ3n) is 5.39. The van der Waals surface area contributed by atoms with Crippen molar-refractivity contribution in [3.8, 4) is 11.4 Å². The monoisotopic (exact) mass is 448 g/mol. The molecule has 0 radical (unpaired) electrons. The molecule has 0 aliphatic rings. The van der Waals surface area contributed by atoms with E-state index in [1.165, 1.54) is 29.7 Å². The molecule has 0 N–H and O–H groups in total. The fourth-order valence-electron chi connectivity index (χ4n) is 3.87. The molecule has 0 aliphatic heterocycles. The Morgan fingerprint density at radius 3 is 2.52 bits per heavy atom. The van der Waals surface area contributed by atoms with Crippen LogP contribution in [0.5, 0.6) is 5.75 Å². The standard InChI is InChI=1S/C24H24N4O5/c1-15(2)27-22(29)20-21(28(24(27)31)18-10-5-6-11-19(18)32-3)25-14-26(20)13-16-8-7-9-17(12-16)23(30)33-4/h5-12,14-15H,13H2,1-4H3. The van der Waals surface area contributed by atoms with Crippen LogP contribution < -0.4 is 16.0 Å². The van der Waals surface area contributed by atoms with Crippen LogP contribution in [0.25, 0.3) is 16.9 Å². The molecule has 2 aromatic carbocycles. The summed E-state index contributed by atoms with van der Waals surface area (Å²) in [7, 11) is 2.84. The highest BCUT2D eigenvalue weighted by atomic mass is 16.5. The first-order chi connectivity index (χ1) is 15.9. The number of methoxy groups -OCH3 is 2. The van der Waals surface area contributed by atoms with Crippen molar-refractivity contribution in [1.29, 1.82) is 0 Å². The second-order valence-electron chi connectivity index (χ2n) is 7.80. The van der Waals surface area contributed by atoms with E-state index < -0.39 is 17.2 Å². The minimum Gasteiger partial charge on any atom is -0.495 e. The van der Waals surface area contributed by atoms with Crippen LogP contribution in [0.2, 0.25) is 0 Å². The van der Waals surface area contributed by atoms with Crippen LogP contribution in [-0.4, -0.2) is 38.9 Å². The summed E-state index contributed by atoms with van der Waals surface area (Å²) in [6.45, 7) is 3.84. The first-order valence-electron chi connectivity index (χ1n) is 10.4. The molecule has 0 atom stereocenters. The number of carbonyl (C=O) groups is 1. The average molecular weight is 448 g/mol. The molecule has 2 heterocycles. The van der Waals surface area contributed by atoms with Crippen molar-refractivity contribution in [1.82, 2.24) is 18.7 Å². The Balaban J connectivity index is 1.97. The van der Waals surface area contributed by atoms with E-state index in [0.717, 1.165) is 5.56 Å². The van der Waals surface area contributed by atoms with Crippen LogP contribution in [0.1, 0.15) is 35.8 Å². The van der Waals surface area contributed by atoms with Crippen molar-refractivity contribution in [2.45, 2.75) is 26.4 Å². The first kappa shape index (κ1) is 22.1. The van der Waals surface area contributed by atoms with Crippen LogP contribution >= 0.6 is 0 Å². The number of para-hydroxylation sites is 2. The van der Waals surface area contributed by atoms with Crippen molar-refractivity contribution in [2.75, 3.05) is 14.2 Å². The summed E-state index contributed by atoms with van der Waals surface area (Å²) < 4.78 is 14.5. The molecular formula is C24H24N4O5. The number of hydrogen-bond acceptors (Lipinski definition) is 6. The molecule has 0 saturated carbocycles. The number of fused-ring (bicyclic) bond motifs is 1. The predicted molar refractivity (Wildman–Crippen MR) is 123 cm³/mol. The lowest BCUT2D eigenvalue weighted by atomic mass is 10.1. The van der Waals surface area contributed by atoms with Crippen molar-refractivity contribution in [3.05, 3.63) is 86.8 Å². The van der Waals surface area contributed by atoms with Gasteiger partial charge in [-0.3, -0.25) is 9.36 Å². The van der Waals surface area contributed by atoms with Crippen LogP contribution in [-0.2, 0) is 11.3 Å². The molecule has 4 rings (SSSR count). The molecule has 33 heavy (non-hydrogen) atoms. The van der Waals surface area contributed by atoms with E-state index in [1.54, 1.807) is 60.9 Å². The van der Waals surface area contributed by atoms with E-state index in [0.29, 0.717) is 17.0 Å². The van der Waals surface area contributed by atoms with Crippen molar-refractivity contribution < 1.29 is 14.3 Å². The fourth-order valence-corrected chi connectivity index (χ4v) is 3.87. The van der Waals surface area contributed by atoms with Crippen molar-refractivity contribution in [3.63, 3.8) is 0 Å². The number of imidazole rings is 1. The summed E-state index contributed by atoms with van der Waals surface area (Å²) in [6.07, 6.45) is 1.52. The van der Waals surface area contributed by atoms with Gasteiger partial charge in [-0.25, -0.2) is 19.1 Å². The average Bonchev–Trinajstić information content (AvgIpc) is 3.22. The topological polar surface area (TPSA) is 97.4 Å². The van der Waals surface area contributed by atoms with Gasteiger partial charge in [-0.15, -0.1) is 0 Å². The minimum absolute atomic E-state index is 0.232. The van der Waals surface area contributed by atoms with Gasteiger partial charge in [0.1, 0.15) is 5.75 Å². The highest BCUT2D eigenvalue weighted by molar-refractivity contribution is 5.89. The third kappa shape index (κ3) is 3.82. The van der Waals surface area contributed by atoms with Crippen LogP contribution in [0.3, 0.4) is 0 Å². The maximum absolute atomic E-state index is 13.4. The number of ether oxygens (including phenoxy) is 2. The molecule has 0 saturated heterocycles. The maximum Gasteiger partial charge on any atom is 0.337 e. The zero-order valence-electron chi connectivity index (χ0n) is 18.8. The highest BCUT2D eigenvalue weighted by Gasteiger charge is 2.22. The zero-order chi connectivity index (χ0) is 23.7. The largest absolute Gasteiger partial charge is 0.495 e. The van der Waals surface area contributed by atoms with Gasteiger partial charge in [0.05, 0.1) is 31.8 Å². The third-order valence-corrected chi connectivity index (χ3v) is 5.39. The number of aromatic nitrogens is 4. The first-order valence-corrected chi connectivity index (χ1v) is 10.4. The smallest absolute Gasteiger partial charge is 0.337 e. The zero-order valence-corrected chi connectivity index (χ0v) is 18.8. The van der Waals surface area contributed by atoms with E-state index in [9.17, 15) is 14.4 Å². The van der Waals surface area contributed by atoms with Gasteiger partial charge in [0.2, 0.25) is 0 Å². The van der Waals surface area contributed by atoms with Crippen LogP contribution in [0.15, 0.2) is 64.4 Å². The Hall–Kier alpha value is -4.14. The van der Waals surface area contributed by atoms with Gasteiger partial charge in [0, 0.05) is 12.6 Å². The highest BCUT2D eigenvalue weighted by Crippen LogP contribution is 2.24. The molecule has 0 aliphatic carbocycles. The summed E-state index contributed by atoms with van der Waals surface area (Å²) in [5.41, 5.74) is 1.26. The molecule has 0 spiro atoms. The van der Waals surface area contributed by atoms with Gasteiger partial charge in [0.15, 0.2) is 11.2 Å². The predicted octanol–water partition coefficient (Wildman–Crippen LogP) is 2.77. The number of nitrogens with zero attached hydrogens (tertiary/aromatic N) is 4. The van der Waals surface area contributed by atoms with Crippen LogP contribution in [0.4, 0.5) is 0 Å². The molecule has 0 bridgehead atoms. The number of rotatable bonds is 6.